The van der Waals surface area contributed by atoms with Crippen molar-refractivity contribution < 1.29 is 14.4 Å². The van der Waals surface area contributed by atoms with Crippen molar-refractivity contribution in [3.05, 3.63) is 34.9 Å². The van der Waals surface area contributed by atoms with Gasteiger partial charge in [0.2, 0.25) is 11.8 Å². The molecule has 1 aliphatic heterocycles. The molecule has 0 spiro atoms. The fourth-order valence-corrected chi connectivity index (χ4v) is 3.69. The Morgan fingerprint density at radius 3 is 2.37 bits per heavy atom. The van der Waals surface area contributed by atoms with E-state index >= 15 is 0 Å². The lowest BCUT2D eigenvalue weighted by Gasteiger charge is -2.36. The van der Waals surface area contributed by atoms with Crippen molar-refractivity contribution in [2.24, 2.45) is 0 Å². The van der Waals surface area contributed by atoms with Crippen molar-refractivity contribution >= 4 is 41.1 Å². The van der Waals surface area contributed by atoms with Gasteiger partial charge in [0, 0.05) is 32.6 Å². The quantitative estimate of drug-likeness (QED) is 0.747. The van der Waals surface area contributed by atoms with Crippen molar-refractivity contribution in [3.63, 3.8) is 0 Å². The minimum atomic E-state index is -0.602. The maximum Gasteiger partial charge on any atom is 0.253 e. The van der Waals surface area contributed by atoms with E-state index in [2.05, 4.69) is 5.32 Å². The third-order valence-electron chi connectivity index (χ3n) is 4.58. The number of halogens is 1. The molecular formula is C19H26ClN3O3S. The molecule has 3 amide bonds. The molecule has 1 heterocycles. The summed E-state index contributed by atoms with van der Waals surface area (Å²) in [7, 11) is 0. The van der Waals surface area contributed by atoms with Crippen LogP contribution in [0.4, 0.5) is 0 Å². The average Bonchev–Trinajstić information content (AvgIpc) is 2.70. The van der Waals surface area contributed by atoms with Gasteiger partial charge >= 0.3 is 0 Å². The Labute approximate surface area is 169 Å². The number of hydrogen-bond acceptors (Lipinski definition) is 4. The van der Waals surface area contributed by atoms with Crippen LogP contribution in [0.3, 0.4) is 0 Å². The summed E-state index contributed by atoms with van der Waals surface area (Å²) in [6.07, 6.45) is 2.98. The molecule has 1 aromatic rings. The highest BCUT2D eigenvalue weighted by atomic mass is 35.5. The zero-order valence-electron chi connectivity index (χ0n) is 15.7. The summed E-state index contributed by atoms with van der Waals surface area (Å²) < 4.78 is 0. The molecule has 148 valence electrons. The van der Waals surface area contributed by atoms with Crippen LogP contribution in [0.2, 0.25) is 5.02 Å². The first-order chi connectivity index (χ1) is 13.0. The molecule has 0 radical (unpaired) electrons. The van der Waals surface area contributed by atoms with Crippen molar-refractivity contribution in [2.45, 2.75) is 25.8 Å². The molecule has 1 saturated heterocycles. The number of hydrogen-bond donors (Lipinski definition) is 1. The molecule has 1 fully saturated rings. The standard InChI is InChI=1S/C19H26ClN3O3S/c1-3-17(24)22-9-11-23(12-10-22)19(26)16(8-13-27-2)21-18(25)14-6-4-5-7-15(14)20/h4-7,16H,3,8-13H2,1-2H3,(H,21,25). The maximum absolute atomic E-state index is 13.0. The summed E-state index contributed by atoms with van der Waals surface area (Å²) in [5.74, 6) is 0.411. The molecule has 1 N–H and O–H groups in total. The predicted molar refractivity (Wildman–Crippen MR) is 109 cm³/mol. The van der Waals surface area contributed by atoms with Crippen LogP contribution < -0.4 is 5.32 Å². The van der Waals surface area contributed by atoms with Gasteiger partial charge < -0.3 is 15.1 Å². The number of rotatable bonds is 7. The Kier molecular flexibility index (Phi) is 8.44. The van der Waals surface area contributed by atoms with Gasteiger partial charge in [-0.15, -0.1) is 0 Å². The van der Waals surface area contributed by atoms with E-state index in [1.165, 1.54) is 0 Å². The number of carbonyl (C=O) groups excluding carboxylic acids is 3. The molecule has 1 atom stereocenters. The largest absolute Gasteiger partial charge is 0.340 e. The van der Waals surface area contributed by atoms with Gasteiger partial charge in [0.15, 0.2) is 0 Å². The minimum Gasteiger partial charge on any atom is -0.340 e. The van der Waals surface area contributed by atoms with Crippen LogP contribution in [0.5, 0.6) is 0 Å². The Bertz CT molecular complexity index is 678. The molecule has 0 aliphatic carbocycles. The lowest BCUT2D eigenvalue weighted by Crippen LogP contribution is -2.56. The molecule has 1 unspecified atom stereocenters. The van der Waals surface area contributed by atoms with Gasteiger partial charge in [0.1, 0.15) is 6.04 Å². The predicted octanol–water partition coefficient (Wildman–Crippen LogP) is 2.27. The van der Waals surface area contributed by atoms with E-state index in [0.29, 0.717) is 49.6 Å². The lowest BCUT2D eigenvalue weighted by molar-refractivity contribution is -0.140. The number of nitrogens with zero attached hydrogens (tertiary/aromatic N) is 2. The molecule has 1 aromatic carbocycles. The van der Waals surface area contributed by atoms with Crippen LogP contribution in [0.25, 0.3) is 0 Å². The highest BCUT2D eigenvalue weighted by molar-refractivity contribution is 7.98. The molecule has 27 heavy (non-hydrogen) atoms. The van der Waals surface area contributed by atoms with E-state index in [0.717, 1.165) is 5.75 Å². The molecule has 2 rings (SSSR count). The normalized spacial score (nSPS) is 15.4. The van der Waals surface area contributed by atoms with E-state index in [-0.39, 0.29) is 17.7 Å². The highest BCUT2D eigenvalue weighted by Crippen LogP contribution is 2.16. The van der Waals surface area contributed by atoms with Crippen LogP contribution in [-0.4, -0.2) is 71.8 Å². The summed E-state index contributed by atoms with van der Waals surface area (Å²) in [5.41, 5.74) is 0.361. The van der Waals surface area contributed by atoms with Gasteiger partial charge in [-0.25, -0.2) is 0 Å². The zero-order chi connectivity index (χ0) is 19.8. The summed E-state index contributed by atoms with van der Waals surface area (Å²) >= 11 is 7.72. The van der Waals surface area contributed by atoms with E-state index in [9.17, 15) is 14.4 Å². The third kappa shape index (κ3) is 5.87. The summed E-state index contributed by atoms with van der Waals surface area (Å²) in [4.78, 5) is 40.9. The van der Waals surface area contributed by atoms with E-state index in [1.807, 2.05) is 13.2 Å². The van der Waals surface area contributed by atoms with Crippen LogP contribution >= 0.6 is 23.4 Å². The first kappa shape index (κ1) is 21.6. The van der Waals surface area contributed by atoms with Crippen molar-refractivity contribution in [1.29, 1.82) is 0 Å². The van der Waals surface area contributed by atoms with Gasteiger partial charge in [-0.2, -0.15) is 11.8 Å². The zero-order valence-corrected chi connectivity index (χ0v) is 17.3. The fourth-order valence-electron chi connectivity index (χ4n) is 2.99. The van der Waals surface area contributed by atoms with E-state index in [1.54, 1.807) is 45.8 Å². The van der Waals surface area contributed by atoms with Crippen LogP contribution in [0.1, 0.15) is 30.1 Å². The first-order valence-corrected chi connectivity index (χ1v) is 10.9. The molecule has 1 aliphatic rings. The van der Waals surface area contributed by atoms with Gasteiger partial charge in [-0.05, 0) is 30.6 Å². The molecular weight excluding hydrogens is 386 g/mol. The van der Waals surface area contributed by atoms with Crippen LogP contribution in [0, 0.1) is 0 Å². The molecule has 0 aromatic heterocycles. The molecule has 8 heteroatoms. The average molecular weight is 412 g/mol. The topological polar surface area (TPSA) is 69.7 Å². The summed E-state index contributed by atoms with van der Waals surface area (Å²) in [6.45, 7) is 3.88. The van der Waals surface area contributed by atoms with E-state index < -0.39 is 6.04 Å². The monoisotopic (exact) mass is 411 g/mol. The van der Waals surface area contributed by atoms with Gasteiger partial charge in [0.25, 0.3) is 5.91 Å². The Morgan fingerprint density at radius 2 is 1.78 bits per heavy atom. The smallest absolute Gasteiger partial charge is 0.253 e. The number of piperazine rings is 1. The number of amides is 3. The number of carbonyl (C=O) groups is 3. The highest BCUT2D eigenvalue weighted by Gasteiger charge is 2.29. The summed E-state index contributed by atoms with van der Waals surface area (Å²) in [5, 5.41) is 3.20. The van der Waals surface area contributed by atoms with E-state index in [4.69, 9.17) is 11.6 Å². The second kappa shape index (κ2) is 10.6. The molecule has 0 saturated carbocycles. The maximum atomic E-state index is 13.0. The Hall–Kier alpha value is -1.73. The van der Waals surface area contributed by atoms with Crippen molar-refractivity contribution in [1.82, 2.24) is 15.1 Å². The number of nitrogens with one attached hydrogen (secondary N) is 1. The third-order valence-corrected chi connectivity index (χ3v) is 5.55. The minimum absolute atomic E-state index is 0.104. The van der Waals surface area contributed by atoms with Crippen LogP contribution in [-0.2, 0) is 9.59 Å². The first-order valence-electron chi connectivity index (χ1n) is 9.08. The summed E-state index contributed by atoms with van der Waals surface area (Å²) in [6, 6.07) is 6.19. The molecule has 0 bridgehead atoms. The molecule has 6 nitrogen and oxygen atoms in total. The second-order valence-corrected chi connectivity index (χ2v) is 7.74. The Balaban J connectivity index is 2.03. The SMILES string of the molecule is CCC(=O)N1CCN(C(=O)C(CCSC)NC(=O)c2ccccc2Cl)CC1. The van der Waals surface area contributed by atoms with Gasteiger partial charge in [-0.3, -0.25) is 14.4 Å². The van der Waals surface area contributed by atoms with Gasteiger partial charge in [-0.1, -0.05) is 30.7 Å². The number of thioether (sulfide) groups is 1. The Morgan fingerprint density at radius 1 is 1.15 bits per heavy atom. The second-order valence-electron chi connectivity index (χ2n) is 6.35. The lowest BCUT2D eigenvalue weighted by atomic mass is 10.1. The van der Waals surface area contributed by atoms with Crippen LogP contribution in [0.15, 0.2) is 24.3 Å². The van der Waals surface area contributed by atoms with Crippen molar-refractivity contribution in [2.75, 3.05) is 38.2 Å². The number of benzene rings is 1. The fraction of sp³-hybridized carbons (Fsp3) is 0.526. The van der Waals surface area contributed by atoms with Crippen molar-refractivity contribution in [3.8, 4) is 0 Å². The van der Waals surface area contributed by atoms with Gasteiger partial charge in [0.05, 0.1) is 10.6 Å².